The number of thiophene rings is 2. The van der Waals surface area contributed by atoms with E-state index in [2.05, 4.69) is 15.1 Å². The number of nitrogens with zero attached hydrogens (tertiary/aromatic N) is 4. The van der Waals surface area contributed by atoms with Gasteiger partial charge in [-0.3, -0.25) is 9.59 Å². The average Bonchev–Trinajstić information content (AvgIpc) is 3.47. The Kier molecular flexibility index (Phi) is 5.61. The molecule has 140 valence electrons. The van der Waals surface area contributed by atoms with Crippen LogP contribution in [0.15, 0.2) is 35.0 Å². The fourth-order valence-corrected chi connectivity index (χ4v) is 5.31. The molecule has 0 radical (unpaired) electrons. The highest BCUT2D eigenvalue weighted by molar-refractivity contribution is 7.22. The molecule has 1 amide bonds. The van der Waals surface area contributed by atoms with Crippen LogP contribution >= 0.6 is 34.0 Å². The zero-order chi connectivity index (χ0) is 18.6. The van der Waals surface area contributed by atoms with Crippen LogP contribution in [0.2, 0.25) is 0 Å². The summed E-state index contributed by atoms with van der Waals surface area (Å²) in [6.07, 6.45) is 0.554. The minimum absolute atomic E-state index is 0.0481. The lowest BCUT2D eigenvalue weighted by atomic mass is 10.1. The van der Waals surface area contributed by atoms with E-state index in [0.29, 0.717) is 13.1 Å². The second kappa shape index (κ2) is 8.28. The van der Waals surface area contributed by atoms with E-state index in [1.54, 1.807) is 22.7 Å². The van der Waals surface area contributed by atoms with Crippen LogP contribution in [0, 0.1) is 0 Å². The lowest BCUT2D eigenvalue weighted by Crippen LogP contribution is -2.48. The van der Waals surface area contributed by atoms with Gasteiger partial charge in [-0.25, -0.2) is 0 Å². The summed E-state index contributed by atoms with van der Waals surface area (Å²) in [5.41, 5.74) is 0. The SMILES string of the molecule is O=C(CCC(=O)N1CCN(c2nnc(-c3cccs3)s2)CC1)c1cccs1. The third kappa shape index (κ3) is 4.26. The maximum Gasteiger partial charge on any atom is 0.223 e. The van der Waals surface area contributed by atoms with E-state index >= 15 is 0 Å². The number of Topliss-reactive ketones (excluding diaryl/α,β-unsaturated/α-hetero) is 1. The van der Waals surface area contributed by atoms with Crippen molar-refractivity contribution >= 4 is 50.8 Å². The number of anilines is 1. The molecule has 1 saturated heterocycles. The minimum atomic E-state index is 0.0481. The van der Waals surface area contributed by atoms with Crippen molar-refractivity contribution < 1.29 is 9.59 Å². The van der Waals surface area contributed by atoms with Crippen LogP contribution < -0.4 is 4.90 Å². The van der Waals surface area contributed by atoms with Crippen LogP contribution in [-0.2, 0) is 4.79 Å². The molecule has 0 bridgehead atoms. The summed E-state index contributed by atoms with van der Waals surface area (Å²) in [6, 6.07) is 7.72. The highest BCUT2D eigenvalue weighted by Gasteiger charge is 2.24. The number of amides is 1. The Bertz CT molecular complexity index is 897. The summed E-state index contributed by atoms with van der Waals surface area (Å²) < 4.78 is 0. The van der Waals surface area contributed by atoms with Gasteiger partial charge >= 0.3 is 0 Å². The Balaban J connectivity index is 1.27. The normalized spacial score (nSPS) is 14.5. The van der Waals surface area contributed by atoms with Crippen molar-refractivity contribution in [2.75, 3.05) is 31.1 Å². The number of piperazine rings is 1. The molecule has 1 aliphatic rings. The Labute approximate surface area is 169 Å². The van der Waals surface area contributed by atoms with Gasteiger partial charge in [-0.15, -0.1) is 32.9 Å². The van der Waals surface area contributed by atoms with E-state index in [0.717, 1.165) is 33.0 Å². The lowest BCUT2D eigenvalue weighted by molar-refractivity contribution is -0.131. The van der Waals surface area contributed by atoms with Crippen molar-refractivity contribution in [3.05, 3.63) is 39.9 Å². The van der Waals surface area contributed by atoms with Crippen LogP contribution in [0.25, 0.3) is 9.88 Å². The van der Waals surface area contributed by atoms with E-state index < -0.39 is 0 Å². The highest BCUT2D eigenvalue weighted by Crippen LogP contribution is 2.31. The van der Waals surface area contributed by atoms with Gasteiger partial charge in [-0.1, -0.05) is 23.5 Å². The van der Waals surface area contributed by atoms with Crippen molar-refractivity contribution in [3.8, 4) is 9.88 Å². The molecular weight excluding hydrogens is 400 g/mol. The van der Waals surface area contributed by atoms with Crippen LogP contribution in [0.3, 0.4) is 0 Å². The zero-order valence-corrected chi connectivity index (χ0v) is 17.0. The monoisotopic (exact) mass is 418 g/mol. The number of aromatic nitrogens is 2. The van der Waals surface area contributed by atoms with Crippen molar-refractivity contribution in [2.45, 2.75) is 12.8 Å². The summed E-state index contributed by atoms with van der Waals surface area (Å²) in [4.78, 5) is 30.3. The molecule has 0 atom stereocenters. The number of hydrogen-bond donors (Lipinski definition) is 0. The number of hydrogen-bond acceptors (Lipinski definition) is 8. The van der Waals surface area contributed by atoms with Gasteiger partial charge < -0.3 is 9.80 Å². The Morgan fingerprint density at radius 1 is 0.963 bits per heavy atom. The molecule has 9 heteroatoms. The smallest absolute Gasteiger partial charge is 0.223 e. The summed E-state index contributed by atoms with van der Waals surface area (Å²) in [6.45, 7) is 2.78. The topological polar surface area (TPSA) is 66.4 Å². The van der Waals surface area contributed by atoms with Gasteiger partial charge in [0.15, 0.2) is 10.8 Å². The van der Waals surface area contributed by atoms with Gasteiger partial charge in [0.1, 0.15) is 0 Å². The van der Waals surface area contributed by atoms with Gasteiger partial charge in [0.05, 0.1) is 9.75 Å². The van der Waals surface area contributed by atoms with Crippen molar-refractivity contribution in [2.24, 2.45) is 0 Å². The highest BCUT2D eigenvalue weighted by atomic mass is 32.1. The third-order valence-electron chi connectivity index (χ3n) is 4.41. The molecule has 1 aliphatic heterocycles. The average molecular weight is 419 g/mol. The third-order valence-corrected chi connectivity index (χ3v) is 7.35. The predicted octanol–water partition coefficient (Wildman–Crippen LogP) is 3.64. The van der Waals surface area contributed by atoms with E-state index in [1.165, 1.54) is 11.3 Å². The first-order chi connectivity index (χ1) is 13.2. The van der Waals surface area contributed by atoms with Gasteiger partial charge in [0.25, 0.3) is 0 Å². The minimum Gasteiger partial charge on any atom is -0.343 e. The van der Waals surface area contributed by atoms with Crippen molar-refractivity contribution in [1.29, 1.82) is 0 Å². The Morgan fingerprint density at radius 2 is 1.74 bits per heavy atom. The number of ketones is 1. The Hall–Kier alpha value is -2.10. The molecule has 1 fully saturated rings. The van der Waals surface area contributed by atoms with Crippen molar-refractivity contribution in [3.63, 3.8) is 0 Å². The second-order valence-electron chi connectivity index (χ2n) is 6.14. The van der Waals surface area contributed by atoms with E-state index in [-0.39, 0.29) is 24.5 Å². The number of carbonyl (C=O) groups is 2. The fraction of sp³-hybridized carbons (Fsp3) is 0.333. The quantitative estimate of drug-likeness (QED) is 0.572. The molecule has 0 unspecified atom stereocenters. The van der Waals surface area contributed by atoms with Gasteiger partial charge in [-0.2, -0.15) is 0 Å². The van der Waals surface area contributed by atoms with Crippen LogP contribution in [0.1, 0.15) is 22.5 Å². The number of rotatable bonds is 6. The van der Waals surface area contributed by atoms with E-state index in [9.17, 15) is 9.59 Å². The first kappa shape index (κ1) is 18.3. The molecule has 0 N–H and O–H groups in total. The molecule has 6 nitrogen and oxygen atoms in total. The van der Waals surface area contributed by atoms with Crippen LogP contribution in [0.5, 0.6) is 0 Å². The molecule has 0 saturated carbocycles. The molecule has 4 rings (SSSR count). The molecule has 27 heavy (non-hydrogen) atoms. The molecular formula is C18H18N4O2S3. The molecule has 0 spiro atoms. The van der Waals surface area contributed by atoms with E-state index in [1.807, 2.05) is 39.9 Å². The zero-order valence-electron chi connectivity index (χ0n) is 14.5. The molecule has 3 aromatic heterocycles. The number of carbonyl (C=O) groups excluding carboxylic acids is 2. The van der Waals surface area contributed by atoms with Gasteiger partial charge in [0.2, 0.25) is 11.0 Å². The van der Waals surface area contributed by atoms with Crippen LogP contribution in [0.4, 0.5) is 5.13 Å². The first-order valence-electron chi connectivity index (χ1n) is 8.67. The maximum absolute atomic E-state index is 12.4. The summed E-state index contributed by atoms with van der Waals surface area (Å²) in [5, 5.41) is 14.3. The molecule has 0 aromatic carbocycles. The summed E-state index contributed by atoms with van der Waals surface area (Å²) in [5.74, 6) is 0.100. The van der Waals surface area contributed by atoms with Gasteiger partial charge in [0, 0.05) is 39.0 Å². The lowest BCUT2D eigenvalue weighted by Gasteiger charge is -2.34. The largest absolute Gasteiger partial charge is 0.343 e. The van der Waals surface area contributed by atoms with E-state index in [4.69, 9.17) is 0 Å². The maximum atomic E-state index is 12.4. The van der Waals surface area contributed by atoms with Gasteiger partial charge in [-0.05, 0) is 22.9 Å². The Morgan fingerprint density at radius 3 is 2.44 bits per heavy atom. The first-order valence-corrected chi connectivity index (χ1v) is 11.2. The van der Waals surface area contributed by atoms with Crippen LogP contribution in [-0.4, -0.2) is 53.0 Å². The van der Waals surface area contributed by atoms with Crippen molar-refractivity contribution in [1.82, 2.24) is 15.1 Å². The standard InChI is InChI=1S/C18H18N4O2S3/c23-13(14-3-1-11-25-14)5-6-16(24)21-7-9-22(10-8-21)18-20-19-17(27-18)15-4-2-12-26-15/h1-4,11-12H,5-10H2. The summed E-state index contributed by atoms with van der Waals surface area (Å²) >= 11 is 4.67. The molecule has 3 aromatic rings. The molecule has 4 heterocycles. The molecule has 0 aliphatic carbocycles. The summed E-state index contributed by atoms with van der Waals surface area (Å²) in [7, 11) is 0. The predicted molar refractivity (Wildman–Crippen MR) is 110 cm³/mol. The fourth-order valence-electron chi connectivity index (χ4n) is 2.93. The second-order valence-corrected chi connectivity index (χ2v) is 8.99.